The number of benzene rings is 1. The lowest BCUT2D eigenvalue weighted by molar-refractivity contribution is 0.242. The van der Waals surface area contributed by atoms with E-state index in [1.807, 2.05) is 18.3 Å². The molecule has 0 saturated carbocycles. The van der Waals surface area contributed by atoms with Crippen molar-refractivity contribution < 1.29 is 5.11 Å². The van der Waals surface area contributed by atoms with Gasteiger partial charge in [-0.05, 0) is 11.1 Å². The molecular weight excluding hydrogens is 238 g/mol. The van der Waals surface area contributed by atoms with Crippen molar-refractivity contribution in [3.8, 4) is 0 Å². The molecule has 98 valence electrons. The summed E-state index contributed by atoms with van der Waals surface area (Å²) in [6.45, 7) is 2.98. The third-order valence-corrected chi connectivity index (χ3v) is 3.55. The molecule has 19 heavy (non-hydrogen) atoms. The quantitative estimate of drug-likeness (QED) is 0.903. The second-order valence-electron chi connectivity index (χ2n) is 4.93. The fourth-order valence-electron chi connectivity index (χ4n) is 2.47. The Labute approximate surface area is 112 Å². The number of hydrogen-bond donors (Lipinski definition) is 1. The number of nitrogens with zero attached hydrogens (tertiary/aromatic N) is 3. The molecule has 0 unspecified atom stereocenters. The molecule has 1 aliphatic rings. The van der Waals surface area contributed by atoms with Crippen molar-refractivity contribution in [1.82, 2.24) is 14.9 Å². The SMILES string of the molecule is OCc1ccc(CN2CCc3ncncc3C2)cc1. The van der Waals surface area contributed by atoms with Crippen molar-refractivity contribution in [3.63, 3.8) is 0 Å². The molecule has 0 bridgehead atoms. The molecule has 0 saturated heterocycles. The molecule has 1 N–H and O–H groups in total. The third kappa shape index (κ3) is 2.80. The normalized spacial score (nSPS) is 15.2. The lowest BCUT2D eigenvalue weighted by Gasteiger charge is -2.27. The van der Waals surface area contributed by atoms with Crippen LogP contribution in [0.2, 0.25) is 0 Å². The van der Waals surface area contributed by atoms with Gasteiger partial charge in [0.25, 0.3) is 0 Å². The van der Waals surface area contributed by atoms with Gasteiger partial charge < -0.3 is 5.11 Å². The summed E-state index contributed by atoms with van der Waals surface area (Å²) in [5, 5.41) is 9.03. The van der Waals surface area contributed by atoms with Crippen LogP contribution in [0.4, 0.5) is 0 Å². The maximum Gasteiger partial charge on any atom is 0.115 e. The summed E-state index contributed by atoms with van der Waals surface area (Å²) in [6, 6.07) is 8.14. The highest BCUT2D eigenvalue weighted by Crippen LogP contribution is 2.18. The minimum atomic E-state index is 0.106. The van der Waals surface area contributed by atoms with Crippen molar-refractivity contribution in [2.24, 2.45) is 0 Å². The lowest BCUT2D eigenvalue weighted by atomic mass is 10.1. The number of hydrogen-bond acceptors (Lipinski definition) is 4. The zero-order valence-corrected chi connectivity index (χ0v) is 10.8. The van der Waals surface area contributed by atoms with E-state index in [-0.39, 0.29) is 6.61 Å². The van der Waals surface area contributed by atoms with Crippen LogP contribution < -0.4 is 0 Å². The van der Waals surface area contributed by atoms with Gasteiger partial charge in [-0.15, -0.1) is 0 Å². The molecule has 0 fully saturated rings. The van der Waals surface area contributed by atoms with Gasteiger partial charge in [0, 0.05) is 43.5 Å². The number of rotatable bonds is 3. The summed E-state index contributed by atoms with van der Waals surface area (Å²) in [7, 11) is 0. The predicted molar refractivity (Wildman–Crippen MR) is 72.2 cm³/mol. The number of fused-ring (bicyclic) bond motifs is 1. The molecule has 1 aromatic carbocycles. The van der Waals surface area contributed by atoms with E-state index in [0.29, 0.717) is 0 Å². The molecule has 0 amide bonds. The highest BCUT2D eigenvalue weighted by molar-refractivity contribution is 5.23. The summed E-state index contributed by atoms with van der Waals surface area (Å²) in [5.74, 6) is 0. The number of aliphatic hydroxyl groups is 1. The van der Waals surface area contributed by atoms with Gasteiger partial charge in [0.15, 0.2) is 0 Å². The van der Waals surface area contributed by atoms with Gasteiger partial charge in [0.05, 0.1) is 6.61 Å². The smallest absolute Gasteiger partial charge is 0.115 e. The molecule has 0 atom stereocenters. The average molecular weight is 255 g/mol. The number of aromatic nitrogens is 2. The molecule has 0 radical (unpaired) electrons. The van der Waals surface area contributed by atoms with Crippen molar-refractivity contribution in [3.05, 3.63) is 59.2 Å². The summed E-state index contributed by atoms with van der Waals surface area (Å²) >= 11 is 0. The molecule has 1 aliphatic heterocycles. The van der Waals surface area contributed by atoms with Crippen LogP contribution in [-0.4, -0.2) is 26.5 Å². The van der Waals surface area contributed by atoms with E-state index < -0.39 is 0 Å². The second kappa shape index (κ2) is 5.47. The lowest BCUT2D eigenvalue weighted by Crippen LogP contribution is -2.30. The van der Waals surface area contributed by atoms with Gasteiger partial charge >= 0.3 is 0 Å². The monoisotopic (exact) mass is 255 g/mol. The molecule has 0 aliphatic carbocycles. The minimum Gasteiger partial charge on any atom is -0.392 e. The first-order valence-electron chi connectivity index (χ1n) is 6.54. The largest absolute Gasteiger partial charge is 0.392 e. The Bertz CT molecular complexity index is 554. The van der Waals surface area contributed by atoms with Gasteiger partial charge in [-0.25, -0.2) is 9.97 Å². The van der Waals surface area contributed by atoms with Gasteiger partial charge in [0.2, 0.25) is 0 Å². The van der Waals surface area contributed by atoms with Crippen molar-refractivity contribution in [2.75, 3.05) is 6.54 Å². The second-order valence-corrected chi connectivity index (χ2v) is 4.93. The van der Waals surface area contributed by atoms with E-state index in [1.165, 1.54) is 16.8 Å². The molecule has 4 nitrogen and oxygen atoms in total. The average Bonchev–Trinajstić information content (AvgIpc) is 2.48. The zero-order valence-electron chi connectivity index (χ0n) is 10.8. The molecular formula is C15H17N3O. The molecule has 3 rings (SSSR count). The first-order valence-corrected chi connectivity index (χ1v) is 6.54. The van der Waals surface area contributed by atoms with Crippen LogP contribution in [0.1, 0.15) is 22.4 Å². The zero-order chi connectivity index (χ0) is 13.1. The first kappa shape index (κ1) is 12.3. The van der Waals surface area contributed by atoms with Crippen LogP contribution in [0.25, 0.3) is 0 Å². The maximum atomic E-state index is 9.03. The Morgan fingerprint density at radius 1 is 1.16 bits per heavy atom. The molecule has 4 heteroatoms. The van der Waals surface area contributed by atoms with Gasteiger partial charge in [-0.2, -0.15) is 0 Å². The van der Waals surface area contributed by atoms with Crippen molar-refractivity contribution in [2.45, 2.75) is 26.1 Å². The Kier molecular flexibility index (Phi) is 3.53. The minimum absolute atomic E-state index is 0.106. The predicted octanol–water partition coefficient (Wildman–Crippen LogP) is 1.53. The Morgan fingerprint density at radius 3 is 2.74 bits per heavy atom. The standard InChI is InChI=1S/C15H17N3O/c19-10-13-3-1-12(2-4-13)8-18-6-5-15-14(9-18)7-16-11-17-15/h1-4,7,11,19H,5-6,8-10H2. The molecule has 1 aromatic heterocycles. The van der Waals surface area contributed by atoms with Gasteiger partial charge in [0.1, 0.15) is 6.33 Å². The summed E-state index contributed by atoms with van der Waals surface area (Å²) in [4.78, 5) is 10.8. The Balaban J connectivity index is 1.68. The van der Waals surface area contributed by atoms with Gasteiger partial charge in [-0.1, -0.05) is 24.3 Å². The van der Waals surface area contributed by atoms with Crippen LogP contribution >= 0.6 is 0 Å². The molecule has 2 heterocycles. The maximum absolute atomic E-state index is 9.03. The molecule has 0 spiro atoms. The van der Waals surface area contributed by atoms with E-state index in [9.17, 15) is 0 Å². The summed E-state index contributed by atoms with van der Waals surface area (Å²) in [6.07, 6.45) is 4.54. The topological polar surface area (TPSA) is 49.2 Å². The third-order valence-electron chi connectivity index (χ3n) is 3.55. The summed E-state index contributed by atoms with van der Waals surface area (Å²) in [5.41, 5.74) is 4.65. The van der Waals surface area contributed by atoms with E-state index in [2.05, 4.69) is 27.0 Å². The summed E-state index contributed by atoms with van der Waals surface area (Å²) < 4.78 is 0. The van der Waals surface area contributed by atoms with Crippen molar-refractivity contribution in [1.29, 1.82) is 0 Å². The van der Waals surface area contributed by atoms with Crippen LogP contribution in [0.15, 0.2) is 36.8 Å². The van der Waals surface area contributed by atoms with Crippen LogP contribution in [0.5, 0.6) is 0 Å². The van der Waals surface area contributed by atoms with Gasteiger partial charge in [-0.3, -0.25) is 4.90 Å². The van der Waals surface area contributed by atoms with Crippen molar-refractivity contribution >= 4 is 0 Å². The fraction of sp³-hybridized carbons (Fsp3) is 0.333. The van der Waals surface area contributed by atoms with E-state index in [4.69, 9.17) is 5.11 Å². The highest BCUT2D eigenvalue weighted by Gasteiger charge is 2.17. The Hall–Kier alpha value is -1.78. The van der Waals surface area contributed by atoms with Crippen LogP contribution in [0, 0.1) is 0 Å². The van der Waals surface area contributed by atoms with Crippen LogP contribution in [0.3, 0.4) is 0 Å². The fourth-order valence-corrected chi connectivity index (χ4v) is 2.47. The Morgan fingerprint density at radius 2 is 1.95 bits per heavy atom. The van der Waals surface area contributed by atoms with E-state index in [1.54, 1.807) is 6.33 Å². The van der Waals surface area contributed by atoms with Crippen LogP contribution in [-0.2, 0) is 26.1 Å². The van der Waals surface area contributed by atoms with E-state index in [0.717, 1.165) is 31.6 Å². The van der Waals surface area contributed by atoms with E-state index >= 15 is 0 Å². The highest BCUT2D eigenvalue weighted by atomic mass is 16.3. The number of aliphatic hydroxyl groups excluding tert-OH is 1. The first-order chi connectivity index (χ1) is 9.35. The molecule has 2 aromatic rings.